The summed E-state index contributed by atoms with van der Waals surface area (Å²) in [5, 5.41) is 3.40. The van der Waals surface area contributed by atoms with E-state index in [2.05, 4.69) is 12.2 Å². The summed E-state index contributed by atoms with van der Waals surface area (Å²) in [6, 6.07) is 13.8. The van der Waals surface area contributed by atoms with E-state index in [0.717, 1.165) is 31.2 Å². The van der Waals surface area contributed by atoms with Crippen molar-refractivity contribution in [2.24, 2.45) is 0 Å². The van der Waals surface area contributed by atoms with Gasteiger partial charge in [-0.1, -0.05) is 49.9 Å². The highest BCUT2D eigenvalue weighted by molar-refractivity contribution is 6.30. The van der Waals surface area contributed by atoms with Gasteiger partial charge >= 0.3 is 5.97 Å². The van der Waals surface area contributed by atoms with Gasteiger partial charge in [0.05, 0.1) is 12.2 Å². The van der Waals surface area contributed by atoms with Crippen molar-refractivity contribution in [1.82, 2.24) is 0 Å². The molecule has 0 aromatic heterocycles. The summed E-state index contributed by atoms with van der Waals surface area (Å²) >= 11 is 5.83. The van der Waals surface area contributed by atoms with Gasteiger partial charge in [-0.2, -0.15) is 0 Å². The normalized spacial score (nSPS) is 10.7. The molecule has 0 aliphatic heterocycles. The largest absolute Gasteiger partial charge is 0.462 e. The fourth-order valence-corrected chi connectivity index (χ4v) is 2.52. The molecule has 0 radical (unpaired) electrons. The van der Waals surface area contributed by atoms with Gasteiger partial charge in [0.2, 0.25) is 5.91 Å². The van der Waals surface area contributed by atoms with Crippen LogP contribution in [0.4, 0.5) is 5.69 Å². The van der Waals surface area contributed by atoms with Crippen molar-refractivity contribution in [3.05, 3.63) is 70.8 Å². The Morgan fingerprint density at radius 3 is 2.37 bits per heavy atom. The van der Waals surface area contributed by atoms with Crippen LogP contribution in [0.25, 0.3) is 6.08 Å². The van der Waals surface area contributed by atoms with Crippen molar-refractivity contribution in [2.45, 2.75) is 32.6 Å². The number of carbonyl (C=O) groups excluding carboxylic acids is 2. The number of carbonyl (C=O) groups is 2. The molecule has 2 aromatic rings. The molecule has 0 saturated heterocycles. The van der Waals surface area contributed by atoms with Crippen LogP contribution in [0.2, 0.25) is 5.02 Å². The van der Waals surface area contributed by atoms with E-state index in [0.29, 0.717) is 22.9 Å². The number of benzene rings is 2. The number of hydrogen-bond donors (Lipinski definition) is 1. The summed E-state index contributed by atoms with van der Waals surface area (Å²) in [7, 11) is 0. The van der Waals surface area contributed by atoms with Crippen LogP contribution in [0, 0.1) is 0 Å². The number of ether oxygens (including phenoxy) is 1. The SMILES string of the molecule is CCCCCCOC(=O)c1ccc(NC(=O)C=Cc2ccc(Cl)cc2)cc1. The second-order valence-corrected chi connectivity index (χ2v) is 6.58. The Bertz CT molecular complexity index is 767. The third kappa shape index (κ3) is 7.67. The summed E-state index contributed by atoms with van der Waals surface area (Å²) in [4.78, 5) is 23.9. The lowest BCUT2D eigenvalue weighted by molar-refractivity contribution is -0.111. The first-order valence-corrected chi connectivity index (χ1v) is 9.48. The molecule has 0 unspecified atom stereocenters. The van der Waals surface area contributed by atoms with Crippen LogP contribution >= 0.6 is 11.6 Å². The molecule has 4 nitrogen and oxygen atoms in total. The summed E-state index contributed by atoms with van der Waals surface area (Å²) < 4.78 is 5.24. The molecule has 27 heavy (non-hydrogen) atoms. The Morgan fingerprint density at radius 2 is 1.70 bits per heavy atom. The lowest BCUT2D eigenvalue weighted by atomic mass is 10.2. The molecule has 0 fully saturated rings. The van der Waals surface area contributed by atoms with Crippen LogP contribution in [0.5, 0.6) is 0 Å². The van der Waals surface area contributed by atoms with E-state index in [-0.39, 0.29) is 11.9 Å². The standard InChI is InChI=1S/C22H24ClNO3/c1-2-3-4-5-16-27-22(26)18-9-13-20(14-10-18)24-21(25)15-8-17-6-11-19(23)12-7-17/h6-15H,2-5,16H2,1H3,(H,24,25). The Morgan fingerprint density at radius 1 is 1.00 bits per heavy atom. The minimum atomic E-state index is -0.341. The molecule has 2 rings (SSSR count). The Kier molecular flexibility index (Phi) is 8.59. The maximum Gasteiger partial charge on any atom is 0.338 e. The van der Waals surface area contributed by atoms with E-state index in [1.807, 2.05) is 12.1 Å². The zero-order chi connectivity index (χ0) is 19.5. The van der Waals surface area contributed by atoms with E-state index in [1.54, 1.807) is 42.5 Å². The zero-order valence-electron chi connectivity index (χ0n) is 15.4. The number of nitrogens with one attached hydrogen (secondary N) is 1. The third-order valence-electron chi connectivity index (χ3n) is 3.92. The quantitative estimate of drug-likeness (QED) is 0.340. The lowest BCUT2D eigenvalue weighted by Gasteiger charge is -2.06. The van der Waals surface area contributed by atoms with Crippen LogP contribution in [0.1, 0.15) is 48.5 Å². The minimum Gasteiger partial charge on any atom is -0.462 e. The first-order chi connectivity index (χ1) is 13.1. The fraction of sp³-hybridized carbons (Fsp3) is 0.273. The Hall–Kier alpha value is -2.59. The van der Waals surface area contributed by atoms with Gasteiger partial charge in [-0.25, -0.2) is 4.79 Å². The van der Waals surface area contributed by atoms with E-state index >= 15 is 0 Å². The molecule has 0 bridgehead atoms. The molecule has 0 heterocycles. The molecule has 0 aliphatic carbocycles. The molecule has 1 amide bonds. The molecule has 0 atom stereocenters. The predicted octanol–water partition coefficient (Wildman–Crippen LogP) is 5.73. The Labute approximate surface area is 165 Å². The van der Waals surface area contributed by atoms with Gasteiger partial charge in [-0.05, 0) is 54.5 Å². The predicted molar refractivity (Wildman–Crippen MR) is 110 cm³/mol. The number of esters is 1. The van der Waals surface area contributed by atoms with E-state index in [9.17, 15) is 9.59 Å². The average Bonchev–Trinajstić information content (AvgIpc) is 2.68. The van der Waals surface area contributed by atoms with Crippen LogP contribution in [-0.4, -0.2) is 18.5 Å². The lowest BCUT2D eigenvalue weighted by Crippen LogP contribution is -2.09. The number of halogens is 1. The molecule has 0 saturated carbocycles. The first kappa shape index (κ1) is 20.7. The van der Waals surface area contributed by atoms with Gasteiger partial charge < -0.3 is 10.1 Å². The van der Waals surface area contributed by atoms with Crippen molar-refractivity contribution in [2.75, 3.05) is 11.9 Å². The average molecular weight is 386 g/mol. The van der Waals surface area contributed by atoms with Gasteiger partial charge in [0, 0.05) is 16.8 Å². The third-order valence-corrected chi connectivity index (χ3v) is 4.17. The van der Waals surface area contributed by atoms with E-state index < -0.39 is 0 Å². The maximum atomic E-state index is 12.0. The van der Waals surface area contributed by atoms with Crippen molar-refractivity contribution < 1.29 is 14.3 Å². The van der Waals surface area contributed by atoms with Crippen LogP contribution in [-0.2, 0) is 9.53 Å². The van der Waals surface area contributed by atoms with Crippen LogP contribution < -0.4 is 5.32 Å². The molecule has 5 heteroatoms. The number of hydrogen-bond acceptors (Lipinski definition) is 3. The number of rotatable bonds is 9. The molecule has 0 aliphatic rings. The van der Waals surface area contributed by atoms with Crippen LogP contribution in [0.3, 0.4) is 0 Å². The first-order valence-electron chi connectivity index (χ1n) is 9.10. The summed E-state index contributed by atoms with van der Waals surface area (Å²) in [5.41, 5.74) is 1.96. The molecular weight excluding hydrogens is 362 g/mol. The number of anilines is 1. The smallest absolute Gasteiger partial charge is 0.338 e. The van der Waals surface area contributed by atoms with Crippen molar-refractivity contribution in [1.29, 1.82) is 0 Å². The van der Waals surface area contributed by atoms with Gasteiger partial charge in [0.1, 0.15) is 0 Å². The highest BCUT2D eigenvalue weighted by Gasteiger charge is 2.07. The van der Waals surface area contributed by atoms with Gasteiger partial charge in [-0.15, -0.1) is 0 Å². The van der Waals surface area contributed by atoms with E-state index in [1.165, 1.54) is 6.08 Å². The second-order valence-electron chi connectivity index (χ2n) is 6.15. The molecule has 1 N–H and O–H groups in total. The summed E-state index contributed by atoms with van der Waals surface area (Å²) in [5.74, 6) is -0.594. The summed E-state index contributed by atoms with van der Waals surface area (Å²) in [6.07, 6.45) is 7.40. The van der Waals surface area contributed by atoms with Gasteiger partial charge in [0.25, 0.3) is 0 Å². The van der Waals surface area contributed by atoms with Crippen molar-refractivity contribution in [3.8, 4) is 0 Å². The molecular formula is C22H24ClNO3. The topological polar surface area (TPSA) is 55.4 Å². The molecule has 142 valence electrons. The van der Waals surface area contributed by atoms with Gasteiger partial charge in [-0.3, -0.25) is 4.79 Å². The zero-order valence-corrected chi connectivity index (χ0v) is 16.2. The molecule has 2 aromatic carbocycles. The summed E-state index contributed by atoms with van der Waals surface area (Å²) in [6.45, 7) is 2.58. The van der Waals surface area contributed by atoms with Gasteiger partial charge in [0.15, 0.2) is 0 Å². The van der Waals surface area contributed by atoms with Crippen LogP contribution in [0.15, 0.2) is 54.6 Å². The van der Waals surface area contributed by atoms with E-state index in [4.69, 9.17) is 16.3 Å². The number of unbranched alkanes of at least 4 members (excludes halogenated alkanes) is 3. The molecule has 0 spiro atoms. The fourth-order valence-electron chi connectivity index (χ4n) is 2.40. The van der Waals surface area contributed by atoms with Crippen molar-refractivity contribution >= 4 is 35.2 Å². The highest BCUT2D eigenvalue weighted by Crippen LogP contribution is 2.13. The maximum absolute atomic E-state index is 12.0. The Balaban J connectivity index is 1.81. The second kappa shape index (κ2) is 11.2. The van der Waals surface area contributed by atoms with Crippen molar-refractivity contribution in [3.63, 3.8) is 0 Å². The number of amides is 1. The monoisotopic (exact) mass is 385 g/mol. The highest BCUT2D eigenvalue weighted by atomic mass is 35.5. The minimum absolute atomic E-state index is 0.254.